The fourth-order valence-electron chi connectivity index (χ4n) is 1.49. The molecule has 17 heavy (non-hydrogen) atoms. The van der Waals surface area contributed by atoms with Crippen molar-refractivity contribution < 1.29 is 0 Å². The van der Waals surface area contributed by atoms with Crippen LogP contribution in [0.15, 0.2) is 23.8 Å². The highest BCUT2D eigenvalue weighted by Crippen LogP contribution is 2.19. The fourth-order valence-corrected chi connectivity index (χ4v) is 2.09. The van der Waals surface area contributed by atoms with Crippen LogP contribution in [0.4, 0.5) is 5.95 Å². The molecule has 4 nitrogen and oxygen atoms in total. The van der Waals surface area contributed by atoms with Crippen LogP contribution in [0.25, 0.3) is 10.7 Å². The summed E-state index contributed by atoms with van der Waals surface area (Å²) in [5.41, 5.74) is 0.882. The summed E-state index contributed by atoms with van der Waals surface area (Å²) < 4.78 is 0. The standard InChI is InChI=1S/C12H16N4S/c1-2-3-4-6-14-12-15-7-5-10(16-12)11-13-8-9-17-11/h5,7-9H,2-4,6H2,1H3,(H,14,15,16). The highest BCUT2D eigenvalue weighted by Gasteiger charge is 2.03. The minimum atomic E-state index is 0.689. The Morgan fingerprint density at radius 2 is 2.18 bits per heavy atom. The van der Waals surface area contributed by atoms with Gasteiger partial charge in [-0.25, -0.2) is 15.0 Å². The molecule has 2 aromatic heterocycles. The third kappa shape index (κ3) is 3.49. The molecule has 0 atom stereocenters. The predicted octanol–water partition coefficient (Wildman–Crippen LogP) is 3.20. The highest BCUT2D eigenvalue weighted by atomic mass is 32.1. The molecule has 0 spiro atoms. The normalized spacial score (nSPS) is 10.4. The van der Waals surface area contributed by atoms with E-state index in [0.29, 0.717) is 5.95 Å². The molecule has 0 bridgehead atoms. The van der Waals surface area contributed by atoms with Gasteiger partial charge in [0.2, 0.25) is 5.95 Å². The average molecular weight is 248 g/mol. The molecule has 0 saturated heterocycles. The number of aromatic nitrogens is 3. The molecule has 0 aliphatic heterocycles. The third-order valence-electron chi connectivity index (χ3n) is 2.37. The molecule has 0 aromatic carbocycles. The average Bonchev–Trinajstić information content (AvgIpc) is 2.89. The zero-order valence-corrected chi connectivity index (χ0v) is 10.7. The smallest absolute Gasteiger partial charge is 0.223 e. The topological polar surface area (TPSA) is 50.7 Å². The lowest BCUT2D eigenvalue weighted by atomic mass is 10.2. The van der Waals surface area contributed by atoms with E-state index in [1.165, 1.54) is 12.8 Å². The largest absolute Gasteiger partial charge is 0.354 e. The van der Waals surface area contributed by atoms with E-state index >= 15 is 0 Å². The van der Waals surface area contributed by atoms with Crippen molar-refractivity contribution in [1.82, 2.24) is 15.0 Å². The lowest BCUT2D eigenvalue weighted by Gasteiger charge is -2.04. The summed E-state index contributed by atoms with van der Waals surface area (Å²) in [6.45, 7) is 3.12. The number of rotatable bonds is 6. The first-order valence-electron chi connectivity index (χ1n) is 5.87. The van der Waals surface area contributed by atoms with E-state index in [0.717, 1.165) is 23.7 Å². The zero-order valence-electron chi connectivity index (χ0n) is 9.89. The van der Waals surface area contributed by atoms with E-state index in [1.807, 2.05) is 11.4 Å². The quantitative estimate of drug-likeness (QED) is 0.798. The first-order chi connectivity index (χ1) is 8.40. The summed E-state index contributed by atoms with van der Waals surface area (Å²) in [5.74, 6) is 0.689. The third-order valence-corrected chi connectivity index (χ3v) is 3.17. The Morgan fingerprint density at radius 1 is 1.24 bits per heavy atom. The van der Waals surface area contributed by atoms with Gasteiger partial charge >= 0.3 is 0 Å². The molecule has 0 fully saturated rings. The van der Waals surface area contributed by atoms with E-state index < -0.39 is 0 Å². The second kappa shape index (κ2) is 6.30. The number of hydrogen-bond donors (Lipinski definition) is 1. The van der Waals surface area contributed by atoms with Crippen molar-refractivity contribution >= 4 is 17.3 Å². The van der Waals surface area contributed by atoms with Crippen LogP contribution in [0.1, 0.15) is 26.2 Å². The zero-order chi connectivity index (χ0) is 11.9. The Balaban J connectivity index is 1.97. The number of hydrogen-bond acceptors (Lipinski definition) is 5. The van der Waals surface area contributed by atoms with Gasteiger partial charge in [-0.15, -0.1) is 11.3 Å². The molecule has 5 heteroatoms. The van der Waals surface area contributed by atoms with Crippen LogP contribution in [0.3, 0.4) is 0 Å². The Labute approximate surface area is 105 Å². The van der Waals surface area contributed by atoms with Crippen LogP contribution in [0.5, 0.6) is 0 Å². The van der Waals surface area contributed by atoms with E-state index in [9.17, 15) is 0 Å². The maximum absolute atomic E-state index is 4.44. The lowest BCUT2D eigenvalue weighted by Crippen LogP contribution is -2.05. The second-order valence-electron chi connectivity index (χ2n) is 3.74. The molecule has 0 saturated carbocycles. The van der Waals surface area contributed by atoms with Crippen molar-refractivity contribution in [3.05, 3.63) is 23.8 Å². The van der Waals surface area contributed by atoms with Crippen molar-refractivity contribution in [2.45, 2.75) is 26.2 Å². The Hall–Kier alpha value is -1.49. The van der Waals surface area contributed by atoms with Crippen molar-refractivity contribution in [2.75, 3.05) is 11.9 Å². The predicted molar refractivity (Wildman–Crippen MR) is 71.2 cm³/mol. The first kappa shape index (κ1) is 12.0. The van der Waals surface area contributed by atoms with E-state index in [-0.39, 0.29) is 0 Å². The molecule has 0 unspecified atom stereocenters. The summed E-state index contributed by atoms with van der Waals surface area (Å²) in [4.78, 5) is 12.9. The lowest BCUT2D eigenvalue weighted by molar-refractivity contribution is 0.740. The molecule has 2 heterocycles. The number of nitrogens with one attached hydrogen (secondary N) is 1. The summed E-state index contributed by atoms with van der Waals surface area (Å²) in [6, 6.07) is 1.88. The van der Waals surface area contributed by atoms with Crippen molar-refractivity contribution in [3.8, 4) is 10.7 Å². The van der Waals surface area contributed by atoms with Gasteiger partial charge in [0.1, 0.15) is 10.7 Å². The Bertz CT molecular complexity index is 442. The minimum Gasteiger partial charge on any atom is -0.354 e. The van der Waals surface area contributed by atoms with Crippen molar-refractivity contribution in [3.63, 3.8) is 0 Å². The number of anilines is 1. The minimum absolute atomic E-state index is 0.689. The van der Waals surface area contributed by atoms with Crippen LogP contribution in [-0.4, -0.2) is 21.5 Å². The summed E-state index contributed by atoms with van der Waals surface area (Å²) in [6.07, 6.45) is 7.17. The maximum Gasteiger partial charge on any atom is 0.223 e. The molecule has 0 aliphatic carbocycles. The van der Waals surface area contributed by atoms with Gasteiger partial charge in [-0.3, -0.25) is 0 Å². The molecular weight excluding hydrogens is 232 g/mol. The van der Waals surface area contributed by atoms with Crippen LogP contribution in [0, 0.1) is 0 Å². The number of nitrogens with zero attached hydrogens (tertiary/aromatic N) is 3. The summed E-state index contributed by atoms with van der Waals surface area (Å²) in [7, 11) is 0. The van der Waals surface area contributed by atoms with Gasteiger partial charge in [-0.1, -0.05) is 19.8 Å². The first-order valence-corrected chi connectivity index (χ1v) is 6.75. The van der Waals surface area contributed by atoms with Crippen molar-refractivity contribution in [1.29, 1.82) is 0 Å². The van der Waals surface area contributed by atoms with Crippen LogP contribution in [0.2, 0.25) is 0 Å². The van der Waals surface area contributed by atoms with Crippen molar-refractivity contribution in [2.24, 2.45) is 0 Å². The summed E-state index contributed by atoms with van der Waals surface area (Å²) >= 11 is 1.59. The molecule has 2 aromatic rings. The Kier molecular flexibility index (Phi) is 4.44. The Morgan fingerprint density at radius 3 is 2.94 bits per heavy atom. The van der Waals surface area contributed by atoms with Crippen LogP contribution < -0.4 is 5.32 Å². The van der Waals surface area contributed by atoms with Gasteiger partial charge in [0.15, 0.2) is 0 Å². The van der Waals surface area contributed by atoms with Gasteiger partial charge in [0.05, 0.1) is 0 Å². The van der Waals surface area contributed by atoms with Gasteiger partial charge in [-0.05, 0) is 12.5 Å². The molecular formula is C12H16N4S. The van der Waals surface area contributed by atoms with Gasteiger partial charge in [0, 0.05) is 24.3 Å². The van der Waals surface area contributed by atoms with Gasteiger partial charge < -0.3 is 5.32 Å². The van der Waals surface area contributed by atoms with E-state index in [1.54, 1.807) is 23.7 Å². The van der Waals surface area contributed by atoms with Crippen LogP contribution in [-0.2, 0) is 0 Å². The molecule has 0 radical (unpaired) electrons. The highest BCUT2D eigenvalue weighted by molar-refractivity contribution is 7.13. The second-order valence-corrected chi connectivity index (χ2v) is 4.63. The molecule has 90 valence electrons. The molecule has 0 amide bonds. The molecule has 0 aliphatic rings. The van der Waals surface area contributed by atoms with Gasteiger partial charge in [-0.2, -0.15) is 0 Å². The SMILES string of the molecule is CCCCCNc1nccc(-c2nccs2)n1. The van der Waals surface area contributed by atoms with E-state index in [4.69, 9.17) is 0 Å². The monoisotopic (exact) mass is 248 g/mol. The number of unbranched alkanes of at least 4 members (excludes halogenated alkanes) is 2. The van der Waals surface area contributed by atoms with Gasteiger partial charge in [0.25, 0.3) is 0 Å². The van der Waals surface area contributed by atoms with Crippen LogP contribution >= 0.6 is 11.3 Å². The van der Waals surface area contributed by atoms with E-state index in [2.05, 4.69) is 27.2 Å². The molecule has 2 rings (SSSR count). The summed E-state index contributed by atoms with van der Waals surface area (Å²) in [5, 5.41) is 6.12. The number of thiazole rings is 1. The maximum atomic E-state index is 4.44. The fraction of sp³-hybridized carbons (Fsp3) is 0.417. The molecule has 1 N–H and O–H groups in total.